The van der Waals surface area contributed by atoms with Gasteiger partial charge >= 0.3 is 6.61 Å². The topological polar surface area (TPSA) is 76.7 Å². The molecule has 0 aliphatic carbocycles. The van der Waals surface area contributed by atoms with Crippen molar-refractivity contribution in [3.8, 4) is 5.75 Å². The van der Waals surface area contributed by atoms with E-state index in [1.165, 1.54) is 24.3 Å². The Bertz CT molecular complexity index is 931. The second-order valence-electron chi connectivity index (χ2n) is 6.52. The van der Waals surface area contributed by atoms with Crippen molar-refractivity contribution in [2.75, 3.05) is 0 Å². The maximum atomic E-state index is 14.6. The number of nitrogens with zero attached hydrogens (tertiary/aromatic N) is 1. The van der Waals surface area contributed by atoms with Gasteiger partial charge < -0.3 is 10.5 Å². The van der Waals surface area contributed by atoms with Crippen LogP contribution >= 0.6 is 0 Å². The summed E-state index contributed by atoms with van der Waals surface area (Å²) in [6.07, 6.45) is 1.17. The van der Waals surface area contributed by atoms with Crippen LogP contribution in [-0.2, 0) is 10.3 Å². The Balaban J connectivity index is 2.05. The Kier molecular flexibility index (Phi) is 5.91. The molecule has 0 bridgehead atoms. The average Bonchev–Trinajstić information content (AvgIpc) is 3.01. The molecule has 0 spiro atoms. The maximum absolute atomic E-state index is 14.6. The number of carbonyl (C=O) groups excluding carboxylic acids is 1. The Morgan fingerprint density at radius 3 is 2.48 bits per heavy atom. The van der Waals surface area contributed by atoms with Crippen molar-refractivity contribution in [1.29, 1.82) is 0 Å². The fourth-order valence-corrected chi connectivity index (χ4v) is 3.29. The van der Waals surface area contributed by atoms with Crippen LogP contribution in [0, 0.1) is 0 Å². The van der Waals surface area contributed by atoms with E-state index >= 15 is 0 Å². The third-order valence-corrected chi connectivity index (χ3v) is 4.65. The molecule has 0 aromatic heterocycles. The molecule has 29 heavy (non-hydrogen) atoms. The van der Waals surface area contributed by atoms with Gasteiger partial charge in [-0.05, 0) is 47.7 Å². The molecule has 1 amide bonds. The van der Waals surface area contributed by atoms with Crippen molar-refractivity contribution in [2.45, 2.75) is 31.2 Å². The lowest BCUT2D eigenvalue weighted by Gasteiger charge is -2.25. The van der Waals surface area contributed by atoms with Gasteiger partial charge in [0.25, 0.3) is 5.91 Å². The number of hydrogen-bond donors (Lipinski definition) is 2. The number of ether oxygens (including phenoxy) is 1. The Morgan fingerprint density at radius 1 is 1.17 bits per heavy atom. The molecule has 2 atom stereocenters. The van der Waals surface area contributed by atoms with Gasteiger partial charge in [-0.3, -0.25) is 10.1 Å². The first-order valence-corrected chi connectivity index (χ1v) is 8.94. The third-order valence-electron chi connectivity index (χ3n) is 4.65. The summed E-state index contributed by atoms with van der Waals surface area (Å²) in [7, 11) is 0. The number of allylic oxidation sites excluding steroid dienone is 1. The quantitative estimate of drug-likeness (QED) is 0.655. The van der Waals surface area contributed by atoms with Gasteiger partial charge in [0.05, 0.1) is 0 Å². The van der Waals surface area contributed by atoms with Crippen LogP contribution in [0.4, 0.5) is 13.2 Å². The highest BCUT2D eigenvalue weighted by molar-refractivity contribution is 6.09. The molecule has 0 saturated heterocycles. The van der Waals surface area contributed by atoms with Crippen LogP contribution in [0.3, 0.4) is 0 Å². The molecule has 1 aliphatic heterocycles. The van der Waals surface area contributed by atoms with Gasteiger partial charge in [-0.15, -0.1) is 6.58 Å². The minimum atomic E-state index is -2.97. The number of halogens is 3. The van der Waals surface area contributed by atoms with Gasteiger partial charge in [0.2, 0.25) is 0 Å². The first-order valence-electron chi connectivity index (χ1n) is 8.94. The number of carbonyl (C=O) groups is 1. The van der Waals surface area contributed by atoms with E-state index < -0.39 is 24.2 Å². The summed E-state index contributed by atoms with van der Waals surface area (Å²) >= 11 is 0. The van der Waals surface area contributed by atoms with Crippen LogP contribution in [0.15, 0.2) is 66.2 Å². The molecule has 1 unspecified atom stereocenters. The second-order valence-corrected chi connectivity index (χ2v) is 6.52. The van der Waals surface area contributed by atoms with Crippen molar-refractivity contribution >= 4 is 11.9 Å². The summed E-state index contributed by atoms with van der Waals surface area (Å²) in [6, 6.07) is 12.0. The summed E-state index contributed by atoms with van der Waals surface area (Å²) < 4.78 is 43.8. The molecule has 0 saturated carbocycles. The smallest absolute Gasteiger partial charge is 0.387 e. The van der Waals surface area contributed by atoms with Crippen LogP contribution < -0.4 is 15.8 Å². The summed E-state index contributed by atoms with van der Waals surface area (Å²) in [5.74, 6) is -0.663. The van der Waals surface area contributed by atoms with E-state index in [0.29, 0.717) is 23.1 Å². The molecule has 5 nitrogen and oxygen atoms in total. The Hall–Kier alpha value is -3.29. The summed E-state index contributed by atoms with van der Waals surface area (Å²) in [5.41, 5.74) is 5.39. The van der Waals surface area contributed by atoms with Crippen LogP contribution in [0.5, 0.6) is 5.75 Å². The van der Waals surface area contributed by atoms with E-state index in [0.717, 1.165) is 0 Å². The number of aliphatic imine (C=N–C) groups is 1. The first kappa shape index (κ1) is 20.4. The van der Waals surface area contributed by atoms with Crippen molar-refractivity contribution in [1.82, 2.24) is 5.32 Å². The zero-order valence-corrected chi connectivity index (χ0v) is 15.4. The highest BCUT2D eigenvalue weighted by Crippen LogP contribution is 2.39. The van der Waals surface area contributed by atoms with Crippen molar-refractivity contribution in [2.24, 2.45) is 10.7 Å². The Morgan fingerprint density at radius 2 is 1.90 bits per heavy atom. The van der Waals surface area contributed by atoms with E-state index in [4.69, 9.17) is 5.73 Å². The lowest BCUT2D eigenvalue weighted by Crippen LogP contribution is -2.39. The standard InChI is InChI=1S/C21H20F3N3O2/c1-2-3-7-17(22)13-5-4-6-15(12-13)21(18(28)26-20(25)27-21)14-8-10-16(11-9-14)29-19(23)24/h2,4-6,8-12,17,19H,1,3,7H2,(H3,25,26,27,28)/t17-,21?/m1/s1. The van der Waals surface area contributed by atoms with E-state index in [2.05, 4.69) is 21.6 Å². The molecule has 2 aromatic carbocycles. The largest absolute Gasteiger partial charge is 0.435 e. The molecule has 8 heteroatoms. The van der Waals surface area contributed by atoms with Gasteiger partial charge in [-0.25, -0.2) is 9.38 Å². The predicted molar refractivity (Wildman–Crippen MR) is 103 cm³/mol. The normalized spacial score (nSPS) is 19.6. The zero-order valence-electron chi connectivity index (χ0n) is 15.4. The third kappa shape index (κ3) is 4.11. The number of alkyl halides is 3. The van der Waals surface area contributed by atoms with E-state index in [1.807, 2.05) is 0 Å². The van der Waals surface area contributed by atoms with E-state index in [9.17, 15) is 18.0 Å². The number of guanidine groups is 1. The fourth-order valence-electron chi connectivity index (χ4n) is 3.29. The highest BCUT2D eigenvalue weighted by Gasteiger charge is 2.46. The zero-order chi connectivity index (χ0) is 21.0. The number of benzene rings is 2. The minimum Gasteiger partial charge on any atom is -0.435 e. The van der Waals surface area contributed by atoms with Crippen LogP contribution in [0.25, 0.3) is 0 Å². The van der Waals surface area contributed by atoms with Crippen LogP contribution in [0.1, 0.15) is 35.7 Å². The lowest BCUT2D eigenvalue weighted by atomic mass is 9.82. The number of hydrogen-bond acceptors (Lipinski definition) is 4. The van der Waals surface area contributed by atoms with Crippen LogP contribution in [0.2, 0.25) is 0 Å². The van der Waals surface area contributed by atoms with Gasteiger partial charge in [-0.1, -0.05) is 36.4 Å². The Labute approximate surface area is 166 Å². The summed E-state index contributed by atoms with van der Waals surface area (Å²) in [4.78, 5) is 17.2. The van der Waals surface area contributed by atoms with Gasteiger partial charge in [0.15, 0.2) is 11.5 Å². The molecule has 2 aromatic rings. The highest BCUT2D eigenvalue weighted by atomic mass is 19.3. The first-order chi connectivity index (χ1) is 13.9. The lowest BCUT2D eigenvalue weighted by molar-refractivity contribution is -0.122. The van der Waals surface area contributed by atoms with E-state index in [1.54, 1.807) is 30.3 Å². The summed E-state index contributed by atoms with van der Waals surface area (Å²) in [5, 5.41) is 2.47. The molecule has 1 heterocycles. The minimum absolute atomic E-state index is 0.0590. The van der Waals surface area contributed by atoms with Crippen LogP contribution in [-0.4, -0.2) is 18.5 Å². The predicted octanol–water partition coefficient (Wildman–Crippen LogP) is 3.95. The number of nitrogens with two attached hydrogens (primary N) is 1. The maximum Gasteiger partial charge on any atom is 0.387 e. The molecule has 152 valence electrons. The van der Waals surface area contributed by atoms with Gasteiger partial charge in [0, 0.05) is 0 Å². The fraction of sp³-hybridized carbons (Fsp3) is 0.238. The SMILES string of the molecule is C=CCC[C@@H](F)c1cccc(C2(c3ccc(OC(F)F)cc3)N=C(N)NC2=O)c1. The molecular weight excluding hydrogens is 383 g/mol. The molecule has 3 N–H and O–H groups in total. The molecule has 1 aliphatic rings. The second kappa shape index (κ2) is 8.38. The number of amides is 1. The van der Waals surface area contributed by atoms with Gasteiger partial charge in [0.1, 0.15) is 11.9 Å². The monoisotopic (exact) mass is 403 g/mol. The van der Waals surface area contributed by atoms with Crippen molar-refractivity contribution in [3.63, 3.8) is 0 Å². The molecular formula is C21H20F3N3O2. The van der Waals surface area contributed by atoms with Crippen molar-refractivity contribution in [3.05, 3.63) is 77.9 Å². The summed E-state index contributed by atoms with van der Waals surface area (Å²) in [6.45, 7) is 0.627. The van der Waals surface area contributed by atoms with E-state index in [-0.39, 0.29) is 18.1 Å². The number of rotatable bonds is 8. The van der Waals surface area contributed by atoms with Crippen molar-refractivity contribution < 1.29 is 22.7 Å². The molecule has 0 fully saturated rings. The number of nitrogens with one attached hydrogen (secondary N) is 1. The average molecular weight is 403 g/mol. The molecule has 3 rings (SSSR count). The molecule has 0 radical (unpaired) electrons. The van der Waals surface area contributed by atoms with Gasteiger partial charge in [-0.2, -0.15) is 8.78 Å².